The minimum absolute atomic E-state index is 0.0416. The lowest BCUT2D eigenvalue weighted by molar-refractivity contribution is -0.137. The number of anilines is 2. The van der Waals surface area contributed by atoms with Crippen LogP contribution in [-0.2, 0) is 6.18 Å². The standard InChI is InChI=1S/C25H25F3N6/c1-15-13-31-19-9-5-3-7-17(19)23(15)33-22-12-20(21-14-29-10-11-30-21)32-24(34-22)16-6-2-4-8-18(16)25(26,27)28/h2-9,12,21,29-31H,10-11,13-14H2,1H3,(H,32,33,34). The minimum atomic E-state index is -4.51. The van der Waals surface area contributed by atoms with E-state index in [1.54, 1.807) is 6.07 Å². The highest BCUT2D eigenvalue weighted by molar-refractivity contribution is 5.87. The summed E-state index contributed by atoms with van der Waals surface area (Å²) in [5, 5.41) is 13.5. The largest absolute Gasteiger partial charge is 0.417 e. The van der Waals surface area contributed by atoms with E-state index in [4.69, 9.17) is 0 Å². The van der Waals surface area contributed by atoms with Gasteiger partial charge in [-0.05, 0) is 24.6 Å². The van der Waals surface area contributed by atoms with Crippen LogP contribution in [0.25, 0.3) is 17.1 Å². The molecule has 5 rings (SSSR count). The Bertz CT molecular complexity index is 1230. The summed E-state index contributed by atoms with van der Waals surface area (Å²) in [5.74, 6) is 0.496. The zero-order valence-electron chi connectivity index (χ0n) is 18.6. The van der Waals surface area contributed by atoms with Gasteiger partial charge in [0.05, 0.1) is 17.3 Å². The fourth-order valence-electron chi connectivity index (χ4n) is 4.32. The second-order valence-electron chi connectivity index (χ2n) is 8.44. The van der Waals surface area contributed by atoms with Crippen molar-refractivity contribution in [1.82, 2.24) is 20.6 Å². The first-order valence-electron chi connectivity index (χ1n) is 11.2. The van der Waals surface area contributed by atoms with Crippen molar-refractivity contribution in [3.8, 4) is 11.4 Å². The number of hydrogen-bond acceptors (Lipinski definition) is 6. The SMILES string of the molecule is CC1=C(Nc2cc(C3CNCCN3)nc(-c3ccccc3C(F)(F)F)n2)c2ccccc2NC1. The van der Waals surface area contributed by atoms with Crippen LogP contribution in [-0.4, -0.2) is 36.1 Å². The van der Waals surface area contributed by atoms with Gasteiger partial charge in [0.2, 0.25) is 0 Å². The van der Waals surface area contributed by atoms with Crippen LogP contribution in [0.5, 0.6) is 0 Å². The highest BCUT2D eigenvalue weighted by atomic mass is 19.4. The average molecular weight is 467 g/mol. The summed E-state index contributed by atoms with van der Waals surface area (Å²) >= 11 is 0. The average Bonchev–Trinajstić information content (AvgIpc) is 2.86. The van der Waals surface area contributed by atoms with E-state index in [-0.39, 0.29) is 17.4 Å². The summed E-state index contributed by atoms with van der Waals surface area (Å²) in [6.07, 6.45) is -4.51. The number of piperazine rings is 1. The maximum atomic E-state index is 13.8. The van der Waals surface area contributed by atoms with E-state index in [0.717, 1.165) is 41.7 Å². The second kappa shape index (κ2) is 9.08. The van der Waals surface area contributed by atoms with Crippen LogP contribution >= 0.6 is 0 Å². The fraction of sp³-hybridized carbons (Fsp3) is 0.280. The molecule has 2 aromatic carbocycles. The molecule has 9 heteroatoms. The third kappa shape index (κ3) is 4.49. The summed E-state index contributed by atoms with van der Waals surface area (Å²) in [7, 11) is 0. The summed E-state index contributed by atoms with van der Waals surface area (Å²) in [6.45, 7) is 4.88. The van der Waals surface area contributed by atoms with Gasteiger partial charge in [-0.25, -0.2) is 9.97 Å². The van der Waals surface area contributed by atoms with Gasteiger partial charge in [0, 0.05) is 54.8 Å². The second-order valence-corrected chi connectivity index (χ2v) is 8.44. The lowest BCUT2D eigenvalue weighted by Crippen LogP contribution is -2.43. The first-order chi connectivity index (χ1) is 16.4. The van der Waals surface area contributed by atoms with Crippen molar-refractivity contribution in [2.24, 2.45) is 0 Å². The first kappa shape index (κ1) is 22.4. The Hall–Kier alpha value is -3.43. The van der Waals surface area contributed by atoms with Crippen LogP contribution in [0.3, 0.4) is 0 Å². The maximum absolute atomic E-state index is 13.8. The summed E-state index contributed by atoms with van der Waals surface area (Å²) < 4.78 is 41.3. The monoisotopic (exact) mass is 466 g/mol. The summed E-state index contributed by atoms with van der Waals surface area (Å²) in [4.78, 5) is 9.13. The van der Waals surface area contributed by atoms with Crippen LogP contribution in [0.4, 0.5) is 24.7 Å². The van der Waals surface area contributed by atoms with Gasteiger partial charge < -0.3 is 21.3 Å². The third-order valence-corrected chi connectivity index (χ3v) is 6.04. The van der Waals surface area contributed by atoms with Gasteiger partial charge in [0.15, 0.2) is 5.82 Å². The number of fused-ring (bicyclic) bond motifs is 1. The number of rotatable bonds is 4. The molecule has 34 heavy (non-hydrogen) atoms. The Balaban J connectivity index is 1.61. The minimum Gasteiger partial charge on any atom is -0.381 e. The Labute approximate surface area is 195 Å². The first-order valence-corrected chi connectivity index (χ1v) is 11.2. The molecule has 2 aliphatic rings. The molecule has 0 aliphatic carbocycles. The molecule has 0 spiro atoms. The van der Waals surface area contributed by atoms with Crippen LogP contribution < -0.4 is 21.3 Å². The Morgan fingerprint density at radius 3 is 2.50 bits per heavy atom. The molecular formula is C25H25F3N6. The molecule has 6 nitrogen and oxygen atoms in total. The van der Waals surface area contributed by atoms with Crippen molar-refractivity contribution in [3.05, 3.63) is 77.0 Å². The molecule has 1 fully saturated rings. The molecule has 1 aromatic heterocycles. The van der Waals surface area contributed by atoms with E-state index in [9.17, 15) is 13.2 Å². The van der Waals surface area contributed by atoms with Gasteiger partial charge in [-0.15, -0.1) is 0 Å². The number of hydrogen-bond donors (Lipinski definition) is 4. The molecule has 0 radical (unpaired) electrons. The molecule has 1 unspecified atom stereocenters. The Morgan fingerprint density at radius 2 is 1.74 bits per heavy atom. The van der Waals surface area contributed by atoms with E-state index in [1.807, 2.05) is 37.3 Å². The van der Waals surface area contributed by atoms with E-state index in [0.29, 0.717) is 24.6 Å². The topological polar surface area (TPSA) is 73.9 Å². The van der Waals surface area contributed by atoms with E-state index < -0.39 is 11.7 Å². The van der Waals surface area contributed by atoms with Gasteiger partial charge in [0.25, 0.3) is 0 Å². The van der Waals surface area contributed by atoms with Crippen LogP contribution in [0.2, 0.25) is 0 Å². The van der Waals surface area contributed by atoms with Crippen LogP contribution in [0.15, 0.2) is 60.2 Å². The molecule has 0 bridgehead atoms. The lowest BCUT2D eigenvalue weighted by atomic mass is 10.0. The summed E-state index contributed by atoms with van der Waals surface area (Å²) in [5.41, 5.74) is 3.79. The summed E-state index contributed by atoms with van der Waals surface area (Å²) in [6, 6.07) is 15.0. The quantitative estimate of drug-likeness (QED) is 0.448. The molecule has 4 N–H and O–H groups in total. The number of halogens is 3. The molecule has 1 saturated heterocycles. The predicted molar refractivity (Wildman–Crippen MR) is 127 cm³/mol. The fourth-order valence-corrected chi connectivity index (χ4v) is 4.32. The molecule has 0 amide bonds. The normalized spacial score (nSPS) is 18.3. The number of alkyl halides is 3. The van der Waals surface area contributed by atoms with E-state index in [1.165, 1.54) is 12.1 Å². The molecule has 1 atom stereocenters. The lowest BCUT2D eigenvalue weighted by Gasteiger charge is -2.26. The van der Waals surface area contributed by atoms with Gasteiger partial charge in [-0.1, -0.05) is 36.4 Å². The highest BCUT2D eigenvalue weighted by Gasteiger charge is 2.34. The van der Waals surface area contributed by atoms with Gasteiger partial charge in [0.1, 0.15) is 5.82 Å². The maximum Gasteiger partial charge on any atom is 0.417 e. The molecule has 3 aromatic rings. The molecule has 176 valence electrons. The van der Waals surface area contributed by atoms with Crippen molar-refractivity contribution in [3.63, 3.8) is 0 Å². The molecule has 0 saturated carbocycles. The molecular weight excluding hydrogens is 441 g/mol. The number of para-hydroxylation sites is 1. The Morgan fingerprint density at radius 1 is 0.971 bits per heavy atom. The van der Waals surface area contributed by atoms with Gasteiger partial charge >= 0.3 is 6.18 Å². The number of aromatic nitrogens is 2. The highest BCUT2D eigenvalue weighted by Crippen LogP contribution is 2.37. The van der Waals surface area contributed by atoms with Gasteiger partial charge in [-0.3, -0.25) is 0 Å². The van der Waals surface area contributed by atoms with Crippen molar-refractivity contribution in [2.45, 2.75) is 19.1 Å². The predicted octanol–water partition coefficient (Wildman–Crippen LogP) is 4.66. The van der Waals surface area contributed by atoms with E-state index in [2.05, 4.69) is 31.2 Å². The number of nitrogens with zero attached hydrogens (tertiary/aromatic N) is 2. The smallest absolute Gasteiger partial charge is 0.381 e. The number of nitrogens with one attached hydrogen (secondary N) is 4. The van der Waals surface area contributed by atoms with E-state index >= 15 is 0 Å². The zero-order valence-corrected chi connectivity index (χ0v) is 18.6. The van der Waals surface area contributed by atoms with Crippen molar-refractivity contribution >= 4 is 17.2 Å². The van der Waals surface area contributed by atoms with Gasteiger partial charge in [-0.2, -0.15) is 13.2 Å². The molecule has 2 aliphatic heterocycles. The van der Waals surface area contributed by atoms with Crippen LogP contribution in [0.1, 0.15) is 29.8 Å². The van der Waals surface area contributed by atoms with Crippen molar-refractivity contribution in [1.29, 1.82) is 0 Å². The molecule has 3 heterocycles. The van der Waals surface area contributed by atoms with Crippen molar-refractivity contribution in [2.75, 3.05) is 36.8 Å². The third-order valence-electron chi connectivity index (χ3n) is 6.04. The number of benzene rings is 2. The zero-order chi connectivity index (χ0) is 23.7. The van der Waals surface area contributed by atoms with Crippen LogP contribution in [0, 0.1) is 0 Å². The Kier molecular flexibility index (Phi) is 5.97. The van der Waals surface area contributed by atoms with Crippen molar-refractivity contribution < 1.29 is 13.2 Å².